The van der Waals surface area contributed by atoms with E-state index in [0.717, 1.165) is 40.7 Å². The molecular weight excluding hydrogens is 280 g/mol. The SMILES string of the molecule is C=C1C2=CC(C)=C(CN(O)C(N)=O)C2=C(C)C2(CC2)[C@@]1(C)O. The highest BCUT2D eigenvalue weighted by atomic mass is 16.5. The maximum Gasteiger partial charge on any atom is 0.338 e. The van der Waals surface area contributed by atoms with Crippen molar-refractivity contribution in [3.63, 3.8) is 0 Å². The van der Waals surface area contributed by atoms with E-state index in [9.17, 15) is 15.1 Å². The van der Waals surface area contributed by atoms with Crippen LogP contribution in [0.5, 0.6) is 0 Å². The predicted molar refractivity (Wildman–Crippen MR) is 83.0 cm³/mol. The second kappa shape index (κ2) is 4.33. The van der Waals surface area contributed by atoms with Gasteiger partial charge in [0.15, 0.2) is 0 Å². The number of allylic oxidation sites excluding steroid dienone is 2. The van der Waals surface area contributed by atoms with Gasteiger partial charge in [-0.2, -0.15) is 0 Å². The molecular formula is C17H22N2O3. The maximum atomic E-state index is 11.1. The first-order chi connectivity index (χ1) is 10.1. The molecule has 3 rings (SSSR count). The summed E-state index contributed by atoms with van der Waals surface area (Å²) in [5, 5.41) is 21.2. The molecule has 0 aromatic heterocycles. The van der Waals surface area contributed by atoms with Gasteiger partial charge in [-0.3, -0.25) is 5.21 Å². The summed E-state index contributed by atoms with van der Waals surface area (Å²) in [6.45, 7) is 9.95. The van der Waals surface area contributed by atoms with Crippen LogP contribution in [0, 0.1) is 5.41 Å². The maximum absolute atomic E-state index is 11.1. The van der Waals surface area contributed by atoms with Crippen LogP contribution in [0.1, 0.15) is 33.6 Å². The van der Waals surface area contributed by atoms with Crippen LogP contribution in [0.25, 0.3) is 0 Å². The van der Waals surface area contributed by atoms with Gasteiger partial charge in [-0.25, -0.2) is 9.86 Å². The monoisotopic (exact) mass is 302 g/mol. The summed E-state index contributed by atoms with van der Waals surface area (Å²) in [7, 11) is 0. The fourth-order valence-corrected chi connectivity index (χ4v) is 3.98. The van der Waals surface area contributed by atoms with E-state index < -0.39 is 11.6 Å². The van der Waals surface area contributed by atoms with Crippen LogP contribution in [0.3, 0.4) is 0 Å². The number of hydroxylamine groups is 2. The van der Waals surface area contributed by atoms with E-state index in [1.807, 2.05) is 26.8 Å². The molecule has 4 N–H and O–H groups in total. The van der Waals surface area contributed by atoms with E-state index in [1.165, 1.54) is 0 Å². The van der Waals surface area contributed by atoms with Crippen molar-refractivity contribution in [1.29, 1.82) is 0 Å². The lowest BCUT2D eigenvalue weighted by molar-refractivity contribution is -0.0307. The summed E-state index contributed by atoms with van der Waals surface area (Å²) in [4.78, 5) is 11.1. The molecule has 0 radical (unpaired) electrons. The van der Waals surface area contributed by atoms with E-state index in [-0.39, 0.29) is 12.0 Å². The van der Waals surface area contributed by atoms with Crippen LogP contribution in [0.15, 0.2) is 46.1 Å². The largest absolute Gasteiger partial charge is 0.385 e. The molecule has 0 bridgehead atoms. The smallest absolute Gasteiger partial charge is 0.338 e. The molecule has 3 aliphatic rings. The molecule has 2 amide bonds. The van der Waals surface area contributed by atoms with Gasteiger partial charge in [0.1, 0.15) is 0 Å². The number of hydrogen-bond acceptors (Lipinski definition) is 3. The molecule has 0 aromatic rings. The average molecular weight is 302 g/mol. The van der Waals surface area contributed by atoms with Gasteiger partial charge >= 0.3 is 6.03 Å². The highest BCUT2D eigenvalue weighted by Gasteiger charge is 2.62. The van der Waals surface area contributed by atoms with Crippen LogP contribution in [0.2, 0.25) is 0 Å². The van der Waals surface area contributed by atoms with Crippen molar-refractivity contribution in [2.24, 2.45) is 11.1 Å². The molecule has 1 fully saturated rings. The molecule has 0 saturated heterocycles. The highest BCUT2D eigenvalue weighted by Crippen LogP contribution is 2.67. The quantitative estimate of drug-likeness (QED) is 0.541. The van der Waals surface area contributed by atoms with Crippen LogP contribution in [-0.4, -0.2) is 33.6 Å². The summed E-state index contributed by atoms with van der Waals surface area (Å²) in [5.41, 5.74) is 9.47. The first-order valence-corrected chi connectivity index (χ1v) is 7.45. The second-order valence-corrected chi connectivity index (χ2v) is 6.75. The zero-order valence-corrected chi connectivity index (χ0v) is 13.2. The van der Waals surface area contributed by atoms with Gasteiger partial charge < -0.3 is 10.8 Å². The number of amides is 2. The summed E-state index contributed by atoms with van der Waals surface area (Å²) in [6, 6.07) is -0.880. The van der Waals surface area contributed by atoms with Crippen molar-refractivity contribution in [3.8, 4) is 0 Å². The molecule has 3 aliphatic carbocycles. The zero-order valence-electron chi connectivity index (χ0n) is 13.2. The summed E-state index contributed by atoms with van der Waals surface area (Å²) < 4.78 is 0. The van der Waals surface area contributed by atoms with E-state index in [1.54, 1.807) is 0 Å². The number of carbonyl (C=O) groups is 1. The van der Waals surface area contributed by atoms with Gasteiger partial charge in [0.25, 0.3) is 0 Å². The number of aliphatic hydroxyl groups is 1. The number of rotatable bonds is 2. The molecule has 1 saturated carbocycles. The Morgan fingerprint density at radius 2 is 2.05 bits per heavy atom. The Morgan fingerprint density at radius 3 is 2.55 bits per heavy atom. The fraction of sp³-hybridized carbons (Fsp3) is 0.471. The Balaban J connectivity index is 2.10. The van der Waals surface area contributed by atoms with Crippen LogP contribution in [0.4, 0.5) is 4.79 Å². The topological polar surface area (TPSA) is 86.8 Å². The number of carbonyl (C=O) groups excluding carboxylic acids is 1. The Morgan fingerprint density at radius 1 is 1.45 bits per heavy atom. The van der Waals surface area contributed by atoms with Gasteiger partial charge in [-0.05, 0) is 61.5 Å². The number of nitrogens with two attached hydrogens (primary N) is 1. The van der Waals surface area contributed by atoms with Gasteiger partial charge in [0.2, 0.25) is 0 Å². The number of hydrogen-bond donors (Lipinski definition) is 3. The molecule has 0 aliphatic heterocycles. The minimum Gasteiger partial charge on any atom is -0.385 e. The Kier molecular flexibility index (Phi) is 2.97. The lowest BCUT2D eigenvalue weighted by Crippen LogP contribution is -2.43. The Labute approximate surface area is 130 Å². The molecule has 0 aromatic carbocycles. The van der Waals surface area contributed by atoms with Crippen LogP contribution in [-0.2, 0) is 0 Å². The minimum atomic E-state index is -0.954. The van der Waals surface area contributed by atoms with Crippen molar-refractivity contribution in [1.82, 2.24) is 5.06 Å². The first-order valence-electron chi connectivity index (χ1n) is 7.45. The molecule has 1 spiro atoms. The molecule has 0 heterocycles. The highest BCUT2D eigenvalue weighted by molar-refractivity contribution is 5.75. The van der Waals surface area contributed by atoms with E-state index in [0.29, 0.717) is 10.6 Å². The van der Waals surface area contributed by atoms with Crippen molar-refractivity contribution in [2.45, 2.75) is 39.2 Å². The number of urea groups is 1. The van der Waals surface area contributed by atoms with Crippen LogP contribution < -0.4 is 5.73 Å². The number of nitrogens with zero attached hydrogens (tertiary/aromatic N) is 1. The van der Waals surface area contributed by atoms with Crippen molar-refractivity contribution in [3.05, 3.63) is 46.1 Å². The molecule has 22 heavy (non-hydrogen) atoms. The number of primary amides is 1. The lowest BCUT2D eigenvalue weighted by Gasteiger charge is -2.42. The van der Waals surface area contributed by atoms with E-state index >= 15 is 0 Å². The van der Waals surface area contributed by atoms with E-state index in [2.05, 4.69) is 6.58 Å². The standard InChI is InChI=1S/C17H22N2O3/c1-9-7-12-10(2)16(4,21)17(5-6-17)11(3)14(12)13(9)8-19(22)15(18)20/h7,21-22H,2,5-6,8H2,1,3-4H3,(H2,18,20)/t16-/m0/s1. The molecule has 5 nitrogen and oxygen atoms in total. The molecule has 118 valence electrons. The van der Waals surface area contributed by atoms with Gasteiger partial charge in [0, 0.05) is 5.41 Å². The third-order valence-corrected chi connectivity index (χ3v) is 5.66. The van der Waals surface area contributed by atoms with Crippen molar-refractivity contribution < 1.29 is 15.1 Å². The summed E-state index contributed by atoms with van der Waals surface area (Å²) in [5.74, 6) is 0. The van der Waals surface area contributed by atoms with Crippen molar-refractivity contribution >= 4 is 6.03 Å². The fourth-order valence-electron chi connectivity index (χ4n) is 3.98. The van der Waals surface area contributed by atoms with Gasteiger partial charge in [-0.1, -0.05) is 18.2 Å². The second-order valence-electron chi connectivity index (χ2n) is 6.75. The third kappa shape index (κ3) is 1.69. The summed E-state index contributed by atoms with van der Waals surface area (Å²) >= 11 is 0. The third-order valence-electron chi connectivity index (χ3n) is 5.66. The average Bonchev–Trinajstić information content (AvgIpc) is 3.18. The van der Waals surface area contributed by atoms with E-state index in [4.69, 9.17) is 5.73 Å². The van der Waals surface area contributed by atoms with Crippen LogP contribution >= 0.6 is 0 Å². The minimum absolute atomic E-state index is 0.0410. The van der Waals surface area contributed by atoms with Crippen molar-refractivity contribution in [2.75, 3.05) is 6.54 Å². The Hall–Kier alpha value is -1.85. The predicted octanol–water partition coefficient (Wildman–Crippen LogP) is 2.43. The molecule has 5 heteroatoms. The van der Waals surface area contributed by atoms with Gasteiger partial charge in [-0.15, -0.1) is 0 Å². The molecule has 0 unspecified atom stereocenters. The normalized spacial score (nSPS) is 29.0. The Bertz CT molecular complexity index is 691. The number of fused-ring (bicyclic) bond motifs is 1. The zero-order chi connectivity index (χ0) is 16.4. The lowest BCUT2D eigenvalue weighted by atomic mass is 9.65. The summed E-state index contributed by atoms with van der Waals surface area (Å²) in [6.07, 6.45) is 3.81. The van der Waals surface area contributed by atoms with Gasteiger partial charge in [0.05, 0.1) is 12.1 Å². The molecule has 1 atom stereocenters. The first kappa shape index (κ1) is 15.1.